The van der Waals surface area contributed by atoms with E-state index in [4.69, 9.17) is 17.9 Å². The maximum Gasteiger partial charge on any atom is 0.360 e. The van der Waals surface area contributed by atoms with Crippen molar-refractivity contribution >= 4 is 23.9 Å². The van der Waals surface area contributed by atoms with Gasteiger partial charge < -0.3 is 17.9 Å². The number of aromatic nitrogens is 2. The van der Waals surface area contributed by atoms with Gasteiger partial charge in [-0.25, -0.2) is 0 Å². The largest absolute Gasteiger partial charge is 0.464 e. The Morgan fingerprint density at radius 1 is 0.963 bits per heavy atom. The minimum Gasteiger partial charge on any atom is -0.464 e. The van der Waals surface area contributed by atoms with Crippen LogP contribution in [0.2, 0.25) is 0 Å². The highest BCUT2D eigenvalue weighted by Crippen LogP contribution is 2.45. The maximum atomic E-state index is 12.5. The molecule has 0 unspecified atom stereocenters. The van der Waals surface area contributed by atoms with E-state index in [9.17, 15) is 4.57 Å². The van der Waals surface area contributed by atoms with Gasteiger partial charge in [-0.3, -0.25) is 4.57 Å². The summed E-state index contributed by atoms with van der Waals surface area (Å²) in [6, 6.07) is 12.9. The Hall–Kier alpha value is -2.73. The van der Waals surface area contributed by atoms with Crippen molar-refractivity contribution in [1.29, 1.82) is 0 Å². The van der Waals surface area contributed by atoms with Crippen LogP contribution in [0.3, 0.4) is 0 Å². The first-order valence-electron chi connectivity index (χ1n) is 8.18. The van der Waals surface area contributed by atoms with Gasteiger partial charge in [0.1, 0.15) is 5.58 Å². The zero-order chi connectivity index (χ0) is 19.0. The summed E-state index contributed by atoms with van der Waals surface area (Å²) in [4.78, 5) is 0. The lowest BCUT2D eigenvalue weighted by Crippen LogP contribution is -2.07. The van der Waals surface area contributed by atoms with Gasteiger partial charge >= 0.3 is 7.60 Å². The third kappa shape index (κ3) is 3.10. The summed E-state index contributed by atoms with van der Waals surface area (Å²) in [6.45, 7) is 1.75. The molecular formula is C19H17N2O5P. The molecule has 0 bridgehead atoms. The first-order chi connectivity index (χ1) is 13.0. The molecule has 7 nitrogen and oxygen atoms in total. The van der Waals surface area contributed by atoms with Crippen LogP contribution in [0.5, 0.6) is 0 Å². The molecule has 0 saturated carbocycles. The van der Waals surface area contributed by atoms with Gasteiger partial charge in [-0.05, 0) is 35.9 Å². The van der Waals surface area contributed by atoms with E-state index in [1.54, 1.807) is 25.3 Å². The highest BCUT2D eigenvalue weighted by Gasteiger charge is 2.24. The van der Waals surface area contributed by atoms with E-state index in [2.05, 4.69) is 10.2 Å². The quantitative estimate of drug-likeness (QED) is 0.466. The minimum absolute atomic E-state index is 0.457. The number of furan rings is 1. The summed E-state index contributed by atoms with van der Waals surface area (Å²) in [6.07, 6.45) is 1.69. The van der Waals surface area contributed by atoms with Crippen LogP contribution in [0, 0.1) is 6.92 Å². The molecule has 27 heavy (non-hydrogen) atoms. The first kappa shape index (κ1) is 17.7. The highest BCUT2D eigenvalue weighted by atomic mass is 31.2. The van der Waals surface area contributed by atoms with Crippen LogP contribution >= 0.6 is 7.60 Å². The normalized spacial score (nSPS) is 12.0. The molecule has 0 spiro atoms. The van der Waals surface area contributed by atoms with Gasteiger partial charge in [0.2, 0.25) is 11.8 Å². The molecule has 2 aromatic heterocycles. The van der Waals surface area contributed by atoms with E-state index < -0.39 is 7.60 Å². The Morgan fingerprint density at radius 2 is 1.67 bits per heavy atom. The zero-order valence-corrected chi connectivity index (χ0v) is 15.9. The van der Waals surface area contributed by atoms with Gasteiger partial charge in [0.25, 0.3) is 0 Å². The number of aryl methyl sites for hydroxylation is 1. The lowest BCUT2D eigenvalue weighted by Gasteiger charge is -2.13. The summed E-state index contributed by atoms with van der Waals surface area (Å²) < 4.78 is 33.7. The number of benzene rings is 2. The van der Waals surface area contributed by atoms with Crippen LogP contribution < -0.4 is 5.30 Å². The summed E-state index contributed by atoms with van der Waals surface area (Å²) in [5, 5.41) is 9.34. The van der Waals surface area contributed by atoms with Crippen molar-refractivity contribution in [2.24, 2.45) is 0 Å². The average molecular weight is 384 g/mol. The van der Waals surface area contributed by atoms with Crippen LogP contribution in [0.15, 0.2) is 57.6 Å². The van der Waals surface area contributed by atoms with Gasteiger partial charge in [0, 0.05) is 37.7 Å². The standard InChI is InChI=1S/C19H17N2O5P/c1-12-20-21-19(26-12)14-6-9-18-16(10-14)17(11-25-18)13-4-7-15(8-5-13)27(22,23-2)24-3/h4-11H,1-3H3. The monoisotopic (exact) mass is 384 g/mol. The highest BCUT2D eigenvalue weighted by molar-refractivity contribution is 7.62. The molecule has 0 saturated heterocycles. The third-order valence-electron chi connectivity index (χ3n) is 4.32. The van der Waals surface area contributed by atoms with Crippen molar-refractivity contribution < 1.29 is 22.4 Å². The van der Waals surface area contributed by atoms with Crippen molar-refractivity contribution in [1.82, 2.24) is 10.2 Å². The van der Waals surface area contributed by atoms with Crippen LogP contribution in [0.4, 0.5) is 0 Å². The van der Waals surface area contributed by atoms with Crippen molar-refractivity contribution in [3.8, 4) is 22.6 Å². The molecule has 4 rings (SSSR count). The predicted octanol–water partition coefficient (Wildman–Crippen LogP) is 4.57. The van der Waals surface area contributed by atoms with Crippen molar-refractivity contribution in [2.75, 3.05) is 14.2 Å². The molecule has 0 aliphatic heterocycles. The Labute approximate surface area is 155 Å². The fourth-order valence-corrected chi connectivity index (χ4v) is 3.99. The maximum absolute atomic E-state index is 12.5. The van der Waals surface area contributed by atoms with Crippen LogP contribution in [-0.2, 0) is 13.6 Å². The number of hydrogen-bond donors (Lipinski definition) is 0. The number of nitrogens with zero attached hydrogens (tertiary/aromatic N) is 2. The van der Waals surface area contributed by atoms with E-state index in [0.29, 0.717) is 17.1 Å². The van der Waals surface area contributed by atoms with E-state index >= 15 is 0 Å². The lowest BCUT2D eigenvalue weighted by atomic mass is 10.0. The summed E-state index contributed by atoms with van der Waals surface area (Å²) in [7, 11) is -0.548. The summed E-state index contributed by atoms with van der Waals surface area (Å²) in [5.41, 5.74) is 3.37. The number of fused-ring (bicyclic) bond motifs is 1. The van der Waals surface area contributed by atoms with Crippen molar-refractivity contribution in [2.45, 2.75) is 6.92 Å². The molecule has 0 aliphatic carbocycles. The third-order valence-corrected chi connectivity index (χ3v) is 6.21. The van der Waals surface area contributed by atoms with E-state index in [0.717, 1.165) is 27.7 Å². The van der Waals surface area contributed by atoms with Crippen molar-refractivity contribution in [3.05, 3.63) is 54.6 Å². The Morgan fingerprint density at radius 3 is 2.30 bits per heavy atom. The SMILES string of the molecule is COP(=O)(OC)c1ccc(-c2coc3ccc(-c4nnc(C)o4)cc23)cc1. The van der Waals surface area contributed by atoms with Gasteiger partial charge in [0.05, 0.1) is 11.6 Å². The topological polar surface area (TPSA) is 87.6 Å². The van der Waals surface area contributed by atoms with Crippen molar-refractivity contribution in [3.63, 3.8) is 0 Å². The molecule has 8 heteroatoms. The molecule has 2 aromatic carbocycles. The first-order valence-corrected chi connectivity index (χ1v) is 9.72. The fourth-order valence-electron chi connectivity index (χ4n) is 2.91. The zero-order valence-electron chi connectivity index (χ0n) is 15.0. The molecular weight excluding hydrogens is 367 g/mol. The predicted molar refractivity (Wildman–Crippen MR) is 101 cm³/mol. The van der Waals surface area contributed by atoms with Gasteiger partial charge in [0.15, 0.2) is 0 Å². The molecule has 0 aliphatic rings. The second kappa shape index (κ2) is 6.78. The molecule has 0 fully saturated rings. The number of hydrogen-bond acceptors (Lipinski definition) is 7. The van der Waals surface area contributed by atoms with Crippen LogP contribution in [0.1, 0.15) is 5.89 Å². The smallest absolute Gasteiger partial charge is 0.360 e. The van der Waals surface area contributed by atoms with Crippen LogP contribution in [0.25, 0.3) is 33.6 Å². The molecule has 0 atom stereocenters. The van der Waals surface area contributed by atoms with E-state index in [1.807, 2.05) is 30.3 Å². The molecule has 0 N–H and O–H groups in total. The molecule has 138 valence electrons. The second-order valence-corrected chi connectivity index (χ2v) is 8.14. The van der Waals surface area contributed by atoms with Gasteiger partial charge in [-0.15, -0.1) is 10.2 Å². The lowest BCUT2D eigenvalue weighted by molar-refractivity contribution is 0.287. The van der Waals surface area contributed by atoms with E-state index in [1.165, 1.54) is 14.2 Å². The molecule has 0 amide bonds. The average Bonchev–Trinajstić information content (AvgIpc) is 3.33. The Bertz CT molecular complexity index is 1140. The second-order valence-electron chi connectivity index (χ2n) is 5.90. The minimum atomic E-state index is -3.27. The molecule has 0 radical (unpaired) electrons. The van der Waals surface area contributed by atoms with Gasteiger partial charge in [-0.1, -0.05) is 12.1 Å². The Kier molecular flexibility index (Phi) is 4.44. The Balaban J connectivity index is 1.76. The molecule has 4 aromatic rings. The van der Waals surface area contributed by atoms with E-state index in [-0.39, 0.29) is 0 Å². The van der Waals surface area contributed by atoms with Crippen LogP contribution in [-0.4, -0.2) is 24.4 Å². The fraction of sp³-hybridized carbons (Fsp3) is 0.158. The van der Waals surface area contributed by atoms with Gasteiger partial charge in [-0.2, -0.15) is 0 Å². The molecule has 2 heterocycles. The number of rotatable bonds is 5. The summed E-state index contributed by atoms with van der Waals surface area (Å²) in [5.74, 6) is 0.965. The summed E-state index contributed by atoms with van der Waals surface area (Å²) >= 11 is 0.